The largest absolute Gasteiger partial charge is 0.334 e. The van der Waals surface area contributed by atoms with Gasteiger partial charge in [0.2, 0.25) is 5.91 Å². The van der Waals surface area contributed by atoms with E-state index < -0.39 is 0 Å². The van der Waals surface area contributed by atoms with Gasteiger partial charge in [0, 0.05) is 12.6 Å². The van der Waals surface area contributed by atoms with Crippen LogP contribution < -0.4 is 0 Å². The average molecular weight is 279 g/mol. The van der Waals surface area contributed by atoms with Gasteiger partial charge in [-0.2, -0.15) is 5.26 Å². The number of hydrogen-bond acceptors (Lipinski definition) is 2. The van der Waals surface area contributed by atoms with Gasteiger partial charge in [-0.05, 0) is 31.9 Å². The fraction of sp³-hybridized carbons (Fsp3) is 0.467. The molecule has 0 heterocycles. The van der Waals surface area contributed by atoms with E-state index in [9.17, 15) is 4.79 Å². The summed E-state index contributed by atoms with van der Waals surface area (Å²) in [5, 5.41) is 8.78. The molecular weight excluding hydrogens is 260 g/mol. The van der Waals surface area contributed by atoms with E-state index in [-0.39, 0.29) is 17.8 Å². The summed E-state index contributed by atoms with van der Waals surface area (Å²) in [6.07, 6.45) is 0.313. The van der Waals surface area contributed by atoms with Crippen molar-refractivity contribution in [3.8, 4) is 6.07 Å². The Balaban J connectivity index is 2.97. The lowest BCUT2D eigenvalue weighted by Crippen LogP contribution is -2.38. The van der Waals surface area contributed by atoms with Crippen LogP contribution in [0.4, 0.5) is 0 Å². The predicted molar refractivity (Wildman–Crippen MR) is 76.9 cm³/mol. The highest BCUT2D eigenvalue weighted by Crippen LogP contribution is 2.16. The van der Waals surface area contributed by atoms with E-state index in [0.717, 1.165) is 16.7 Å². The number of carbonyl (C=O) groups is 1. The van der Waals surface area contributed by atoms with Crippen molar-refractivity contribution in [2.45, 2.75) is 39.8 Å². The number of hydrogen-bond donors (Lipinski definition) is 0. The van der Waals surface area contributed by atoms with Gasteiger partial charge in [0.15, 0.2) is 0 Å². The topological polar surface area (TPSA) is 44.1 Å². The van der Waals surface area contributed by atoms with Crippen LogP contribution in [0.15, 0.2) is 18.2 Å². The first-order valence-electron chi connectivity index (χ1n) is 6.28. The van der Waals surface area contributed by atoms with Crippen LogP contribution in [0.5, 0.6) is 0 Å². The van der Waals surface area contributed by atoms with Crippen LogP contribution in [0.3, 0.4) is 0 Å². The molecule has 3 nitrogen and oxygen atoms in total. The monoisotopic (exact) mass is 278 g/mol. The summed E-state index contributed by atoms with van der Waals surface area (Å²) in [6, 6.07) is 8.14. The molecule has 1 aromatic rings. The highest BCUT2D eigenvalue weighted by atomic mass is 35.5. The van der Waals surface area contributed by atoms with Gasteiger partial charge in [0.1, 0.15) is 5.88 Å². The van der Waals surface area contributed by atoms with Crippen molar-refractivity contribution >= 4 is 17.5 Å². The lowest BCUT2D eigenvalue weighted by atomic mass is 10.0. The molecule has 0 saturated heterocycles. The molecule has 102 valence electrons. The maximum Gasteiger partial charge on any atom is 0.238 e. The van der Waals surface area contributed by atoms with Gasteiger partial charge in [0.25, 0.3) is 0 Å². The molecule has 0 aliphatic heterocycles. The molecule has 0 N–H and O–H groups in total. The molecular formula is C15H19ClN2O. The van der Waals surface area contributed by atoms with Gasteiger partial charge in [0.05, 0.1) is 12.5 Å². The average Bonchev–Trinajstić information content (AvgIpc) is 2.39. The summed E-state index contributed by atoms with van der Waals surface area (Å²) in [5.41, 5.74) is 3.40. The third-order valence-corrected chi connectivity index (χ3v) is 3.43. The minimum atomic E-state index is -0.134. The Morgan fingerprint density at radius 2 is 2.16 bits per heavy atom. The van der Waals surface area contributed by atoms with Crippen LogP contribution in [0, 0.1) is 25.2 Å². The van der Waals surface area contributed by atoms with E-state index in [0.29, 0.717) is 13.0 Å². The molecule has 0 spiro atoms. The first-order chi connectivity index (χ1) is 8.99. The minimum absolute atomic E-state index is 0.0549. The van der Waals surface area contributed by atoms with Crippen molar-refractivity contribution in [2.24, 2.45) is 0 Å². The molecule has 0 aliphatic carbocycles. The van der Waals surface area contributed by atoms with Gasteiger partial charge in [-0.1, -0.05) is 23.8 Å². The second-order valence-electron chi connectivity index (χ2n) is 4.80. The molecule has 0 bridgehead atoms. The Morgan fingerprint density at radius 3 is 2.74 bits per heavy atom. The molecule has 19 heavy (non-hydrogen) atoms. The van der Waals surface area contributed by atoms with Crippen molar-refractivity contribution in [3.05, 3.63) is 34.9 Å². The van der Waals surface area contributed by atoms with E-state index >= 15 is 0 Å². The van der Waals surface area contributed by atoms with E-state index in [1.54, 1.807) is 4.90 Å². The number of amides is 1. The standard InChI is InChI=1S/C15H19ClN2O/c1-11-4-5-12(2)14(8-11)10-18(15(19)9-16)13(3)6-7-17/h4-5,8,13H,6,9-10H2,1-3H3. The molecule has 0 aromatic heterocycles. The van der Waals surface area contributed by atoms with Gasteiger partial charge >= 0.3 is 0 Å². The molecule has 0 saturated carbocycles. The van der Waals surface area contributed by atoms with Gasteiger partial charge in [-0.3, -0.25) is 4.79 Å². The van der Waals surface area contributed by atoms with Crippen molar-refractivity contribution < 1.29 is 4.79 Å². The number of benzene rings is 1. The first-order valence-corrected chi connectivity index (χ1v) is 6.81. The van der Waals surface area contributed by atoms with Crippen LogP contribution in [0.1, 0.15) is 30.0 Å². The highest BCUT2D eigenvalue weighted by molar-refractivity contribution is 6.27. The van der Waals surface area contributed by atoms with Crippen molar-refractivity contribution in [1.82, 2.24) is 4.90 Å². The fourth-order valence-corrected chi connectivity index (χ4v) is 2.12. The first kappa shape index (κ1) is 15.5. The van der Waals surface area contributed by atoms with E-state index in [2.05, 4.69) is 12.1 Å². The Labute approximate surface area is 119 Å². The zero-order chi connectivity index (χ0) is 14.4. The van der Waals surface area contributed by atoms with E-state index in [1.807, 2.05) is 32.9 Å². The van der Waals surface area contributed by atoms with Crippen LogP contribution in [-0.2, 0) is 11.3 Å². The maximum absolute atomic E-state index is 11.9. The summed E-state index contributed by atoms with van der Waals surface area (Å²) < 4.78 is 0. The SMILES string of the molecule is Cc1ccc(C)c(CN(C(=O)CCl)C(C)CC#N)c1. The molecule has 0 aliphatic rings. The molecule has 1 amide bonds. The summed E-state index contributed by atoms with van der Waals surface area (Å²) in [6.45, 7) is 6.42. The number of aryl methyl sites for hydroxylation is 2. The zero-order valence-electron chi connectivity index (χ0n) is 11.6. The molecule has 1 rings (SSSR count). The summed E-state index contributed by atoms with van der Waals surface area (Å²) >= 11 is 5.65. The number of alkyl halides is 1. The van der Waals surface area contributed by atoms with Crippen LogP contribution in [0.25, 0.3) is 0 Å². The molecule has 1 unspecified atom stereocenters. The Bertz CT molecular complexity index is 493. The van der Waals surface area contributed by atoms with Crippen molar-refractivity contribution in [1.29, 1.82) is 5.26 Å². The Hall–Kier alpha value is -1.53. The number of rotatable bonds is 5. The summed E-state index contributed by atoms with van der Waals surface area (Å²) in [7, 11) is 0. The Morgan fingerprint density at radius 1 is 1.47 bits per heavy atom. The van der Waals surface area contributed by atoms with Gasteiger partial charge in [-0.25, -0.2) is 0 Å². The summed E-state index contributed by atoms with van der Waals surface area (Å²) in [4.78, 5) is 13.6. The minimum Gasteiger partial charge on any atom is -0.334 e. The third kappa shape index (κ3) is 4.25. The lowest BCUT2D eigenvalue weighted by Gasteiger charge is -2.28. The van der Waals surface area contributed by atoms with Crippen molar-refractivity contribution in [2.75, 3.05) is 5.88 Å². The number of nitriles is 1. The van der Waals surface area contributed by atoms with E-state index in [1.165, 1.54) is 0 Å². The summed E-state index contributed by atoms with van der Waals surface area (Å²) in [5.74, 6) is -0.189. The zero-order valence-corrected chi connectivity index (χ0v) is 12.4. The number of nitrogens with zero attached hydrogens (tertiary/aromatic N) is 2. The third-order valence-electron chi connectivity index (χ3n) is 3.20. The molecule has 4 heteroatoms. The van der Waals surface area contributed by atoms with E-state index in [4.69, 9.17) is 16.9 Å². The second kappa shape index (κ2) is 7.16. The Kier molecular flexibility index (Phi) is 5.85. The quantitative estimate of drug-likeness (QED) is 0.777. The lowest BCUT2D eigenvalue weighted by molar-refractivity contribution is -0.131. The van der Waals surface area contributed by atoms with Crippen LogP contribution in [-0.4, -0.2) is 22.7 Å². The van der Waals surface area contributed by atoms with Crippen LogP contribution in [0.2, 0.25) is 0 Å². The highest BCUT2D eigenvalue weighted by Gasteiger charge is 2.20. The molecule has 0 fully saturated rings. The number of carbonyl (C=O) groups excluding carboxylic acids is 1. The molecule has 1 aromatic carbocycles. The fourth-order valence-electron chi connectivity index (χ4n) is 1.96. The predicted octanol–water partition coefficient (Wildman–Crippen LogP) is 3.17. The second-order valence-corrected chi connectivity index (χ2v) is 5.06. The smallest absolute Gasteiger partial charge is 0.238 e. The molecule has 0 radical (unpaired) electrons. The van der Waals surface area contributed by atoms with Crippen LogP contribution >= 0.6 is 11.6 Å². The normalized spacial score (nSPS) is 11.7. The maximum atomic E-state index is 11.9. The van der Waals surface area contributed by atoms with Gasteiger partial charge in [-0.15, -0.1) is 11.6 Å². The molecule has 1 atom stereocenters. The number of halogens is 1. The van der Waals surface area contributed by atoms with Crippen molar-refractivity contribution in [3.63, 3.8) is 0 Å². The van der Waals surface area contributed by atoms with Gasteiger partial charge < -0.3 is 4.90 Å².